The molecule has 5 rings (SSSR count). The van der Waals surface area contributed by atoms with Crippen LogP contribution in [0.25, 0.3) is 0 Å². The summed E-state index contributed by atoms with van der Waals surface area (Å²) in [4.78, 5) is 60.2. The Balaban J connectivity index is 0.000000161. The van der Waals surface area contributed by atoms with E-state index in [1.807, 2.05) is 27.7 Å². The number of aliphatic hydroxyl groups excluding tert-OH is 1. The normalized spacial score (nSPS) is 31.9. The summed E-state index contributed by atoms with van der Waals surface area (Å²) in [6, 6.07) is 0. The zero-order chi connectivity index (χ0) is 25.1. The summed E-state index contributed by atoms with van der Waals surface area (Å²) in [5, 5.41) is 18.5. The molecule has 2 fully saturated rings. The lowest BCUT2D eigenvalue weighted by Crippen LogP contribution is -2.63. The monoisotopic (exact) mass is 510 g/mol. The number of thioether (sulfide) groups is 2. The predicted molar refractivity (Wildman–Crippen MR) is 123 cm³/mol. The zero-order valence-electron chi connectivity index (χ0n) is 19.1. The molecule has 0 aromatic heterocycles. The number of amides is 2. The zero-order valence-corrected chi connectivity index (χ0v) is 20.7. The van der Waals surface area contributed by atoms with Crippen LogP contribution in [0.5, 0.6) is 0 Å². The maximum atomic E-state index is 12.0. The molecule has 5 atom stereocenters. The highest BCUT2D eigenvalue weighted by Crippen LogP contribution is 2.49. The van der Waals surface area contributed by atoms with Crippen molar-refractivity contribution in [2.24, 2.45) is 23.7 Å². The average Bonchev–Trinajstić information content (AvgIpc) is 3.04. The Bertz CT molecular complexity index is 1040. The largest absolute Gasteiger partial charge is 0.477 e. The number of carbonyl (C=O) groups excluding carboxylic acids is 4. The standard InChI is InChI=1S/2C11H13NO4S/c1-4(2)6-8(13)12-7-5(3-17-9(6)12)10(14)16-11(7)15;1-5(2)7-9(14)12-8(11(15)16)6(3-13)4-17-10(7)12/h4,6,9-10,14H,3H2,1-2H3;3,5,7,10H,4H2,1-2H3,(H,15,16)/t6-,9-,10?;7-,10-/m11/s1. The Morgan fingerprint density at radius 2 is 1.53 bits per heavy atom. The number of ether oxygens (including phenoxy) is 1. The van der Waals surface area contributed by atoms with Gasteiger partial charge in [-0.15, -0.1) is 23.5 Å². The third-order valence-electron chi connectivity index (χ3n) is 6.57. The Labute approximate surface area is 204 Å². The van der Waals surface area contributed by atoms with E-state index in [1.165, 1.54) is 21.6 Å². The number of hydrogen-bond donors (Lipinski definition) is 2. The van der Waals surface area contributed by atoms with Gasteiger partial charge in [-0.25, -0.2) is 9.59 Å². The topological polar surface area (TPSA) is 142 Å². The number of cyclic esters (lactones) is 1. The molecule has 34 heavy (non-hydrogen) atoms. The van der Waals surface area contributed by atoms with Crippen LogP contribution < -0.4 is 0 Å². The fourth-order valence-corrected chi connectivity index (χ4v) is 7.98. The van der Waals surface area contributed by atoms with Gasteiger partial charge in [-0.3, -0.25) is 24.2 Å². The van der Waals surface area contributed by atoms with Gasteiger partial charge in [0.1, 0.15) is 17.7 Å². The SMILES string of the molecule is CC(C)[C@@H]1C(=O)N2C(C(=O)O)=C(C=O)CS[C@H]12.CC(C)[C@@H]1C(=O)N2C3=C(CS[C@H]12)C(O)OC3=O. The van der Waals surface area contributed by atoms with Crippen molar-refractivity contribution in [1.82, 2.24) is 9.80 Å². The maximum absolute atomic E-state index is 12.0. The molecule has 184 valence electrons. The van der Waals surface area contributed by atoms with Crippen LogP contribution in [0.3, 0.4) is 0 Å². The lowest BCUT2D eigenvalue weighted by atomic mass is 9.85. The number of β-lactam (4-membered cyclic amide) rings is 2. The molecule has 0 aromatic rings. The Hall–Kier alpha value is -2.31. The predicted octanol–water partition coefficient (Wildman–Crippen LogP) is 1.01. The number of carboxylic acids is 1. The minimum atomic E-state index is -1.20. The molecule has 2 amide bonds. The van der Waals surface area contributed by atoms with E-state index in [2.05, 4.69) is 0 Å². The van der Waals surface area contributed by atoms with Crippen molar-refractivity contribution in [3.05, 3.63) is 22.5 Å². The summed E-state index contributed by atoms with van der Waals surface area (Å²) in [6.07, 6.45) is -0.639. The third kappa shape index (κ3) is 3.66. The van der Waals surface area contributed by atoms with Gasteiger partial charge in [0, 0.05) is 22.7 Å². The maximum Gasteiger partial charge on any atom is 0.357 e. The number of nitrogens with zero attached hydrogens (tertiary/aromatic N) is 2. The molecule has 0 aliphatic carbocycles. The molecule has 10 nitrogen and oxygen atoms in total. The lowest BCUT2D eigenvalue weighted by Gasteiger charge is -2.50. The molecule has 2 saturated heterocycles. The summed E-state index contributed by atoms with van der Waals surface area (Å²) < 4.78 is 4.74. The number of carboxylic acid groups (broad SMARTS) is 1. The summed E-state index contributed by atoms with van der Waals surface area (Å²) in [6.45, 7) is 7.90. The van der Waals surface area contributed by atoms with Crippen LogP contribution in [0, 0.1) is 23.7 Å². The highest BCUT2D eigenvalue weighted by Gasteiger charge is 2.57. The van der Waals surface area contributed by atoms with Gasteiger partial charge in [0.15, 0.2) is 0 Å². The van der Waals surface area contributed by atoms with Crippen molar-refractivity contribution in [3.63, 3.8) is 0 Å². The molecule has 5 aliphatic heterocycles. The molecule has 5 aliphatic rings. The summed E-state index contributed by atoms with van der Waals surface area (Å²) in [5.74, 6) is -0.791. The Morgan fingerprint density at radius 1 is 1.00 bits per heavy atom. The van der Waals surface area contributed by atoms with Crippen LogP contribution in [-0.2, 0) is 28.7 Å². The number of aliphatic hydroxyl groups is 1. The second-order valence-corrected chi connectivity index (χ2v) is 11.5. The fraction of sp³-hybridized carbons (Fsp3) is 0.591. The number of fused-ring (bicyclic) bond motifs is 3. The minimum Gasteiger partial charge on any atom is -0.477 e. The number of aldehydes is 1. The summed E-state index contributed by atoms with van der Waals surface area (Å²) in [7, 11) is 0. The van der Waals surface area contributed by atoms with Crippen molar-refractivity contribution in [2.75, 3.05) is 11.5 Å². The quantitative estimate of drug-likeness (QED) is 0.320. The Kier molecular flexibility index (Phi) is 6.60. The van der Waals surface area contributed by atoms with Crippen molar-refractivity contribution in [1.29, 1.82) is 0 Å². The first-order chi connectivity index (χ1) is 16.0. The van der Waals surface area contributed by atoms with Crippen molar-refractivity contribution < 1.29 is 38.9 Å². The number of rotatable bonds is 4. The van der Waals surface area contributed by atoms with Gasteiger partial charge in [0.2, 0.25) is 18.1 Å². The second kappa shape index (κ2) is 9.04. The molecule has 0 bridgehead atoms. The lowest BCUT2D eigenvalue weighted by molar-refractivity contribution is -0.159. The molecule has 0 aromatic carbocycles. The van der Waals surface area contributed by atoms with Crippen LogP contribution in [0.2, 0.25) is 0 Å². The first-order valence-electron chi connectivity index (χ1n) is 10.9. The van der Waals surface area contributed by atoms with E-state index < -0.39 is 18.2 Å². The summed E-state index contributed by atoms with van der Waals surface area (Å²) in [5.41, 5.74) is 0.870. The van der Waals surface area contributed by atoms with Crippen LogP contribution >= 0.6 is 23.5 Å². The van der Waals surface area contributed by atoms with Gasteiger partial charge < -0.3 is 14.9 Å². The smallest absolute Gasteiger partial charge is 0.357 e. The van der Waals surface area contributed by atoms with E-state index in [4.69, 9.17) is 9.84 Å². The van der Waals surface area contributed by atoms with Gasteiger partial charge in [0.25, 0.3) is 0 Å². The molecule has 1 unspecified atom stereocenters. The van der Waals surface area contributed by atoms with Crippen LogP contribution in [-0.4, -0.2) is 78.6 Å². The number of carbonyl (C=O) groups is 5. The molecule has 12 heteroatoms. The second-order valence-electron chi connectivity index (χ2n) is 9.29. The number of hydrogen-bond acceptors (Lipinski definition) is 9. The molecule has 0 radical (unpaired) electrons. The minimum absolute atomic E-state index is 0.0269. The molecule has 2 N–H and O–H groups in total. The van der Waals surface area contributed by atoms with E-state index in [9.17, 15) is 29.1 Å². The molecule has 0 saturated carbocycles. The molecular formula is C22H26N2O8S2. The van der Waals surface area contributed by atoms with Crippen LogP contribution in [0.1, 0.15) is 27.7 Å². The van der Waals surface area contributed by atoms with Crippen molar-refractivity contribution in [3.8, 4) is 0 Å². The average molecular weight is 511 g/mol. The van der Waals surface area contributed by atoms with Gasteiger partial charge >= 0.3 is 11.9 Å². The highest BCUT2D eigenvalue weighted by atomic mass is 32.2. The number of aliphatic carboxylic acids is 1. The molecule has 5 heterocycles. The van der Waals surface area contributed by atoms with Crippen molar-refractivity contribution >= 4 is 53.6 Å². The third-order valence-corrected chi connectivity index (χ3v) is 9.22. The summed E-state index contributed by atoms with van der Waals surface area (Å²) >= 11 is 3.05. The number of esters is 1. The van der Waals surface area contributed by atoms with Crippen LogP contribution in [0.15, 0.2) is 22.5 Å². The van der Waals surface area contributed by atoms with E-state index in [-0.39, 0.29) is 63.2 Å². The van der Waals surface area contributed by atoms with Gasteiger partial charge in [-0.05, 0) is 11.8 Å². The van der Waals surface area contributed by atoms with E-state index in [1.54, 1.807) is 11.8 Å². The van der Waals surface area contributed by atoms with Gasteiger partial charge in [-0.2, -0.15) is 0 Å². The van der Waals surface area contributed by atoms with Crippen molar-refractivity contribution in [2.45, 2.75) is 44.7 Å². The van der Waals surface area contributed by atoms with E-state index in [0.29, 0.717) is 23.4 Å². The first kappa shape index (κ1) is 24.8. The molecular weight excluding hydrogens is 484 g/mol. The van der Waals surface area contributed by atoms with E-state index in [0.717, 1.165) is 0 Å². The molecule has 0 spiro atoms. The fourth-order valence-electron chi connectivity index (χ4n) is 4.81. The highest BCUT2D eigenvalue weighted by molar-refractivity contribution is 8.00. The van der Waals surface area contributed by atoms with E-state index >= 15 is 0 Å². The van der Waals surface area contributed by atoms with Gasteiger partial charge in [0.05, 0.1) is 22.6 Å². The van der Waals surface area contributed by atoms with Crippen LogP contribution in [0.4, 0.5) is 0 Å². The Morgan fingerprint density at radius 3 is 2.06 bits per heavy atom. The first-order valence-corrected chi connectivity index (χ1v) is 13.0. The van der Waals surface area contributed by atoms with Gasteiger partial charge in [-0.1, -0.05) is 27.7 Å².